The molecule has 0 spiro atoms. The molecule has 0 saturated carbocycles. The van der Waals surface area contributed by atoms with Crippen molar-refractivity contribution < 1.29 is 4.74 Å². The molecule has 0 unspecified atom stereocenters. The van der Waals surface area contributed by atoms with Crippen LogP contribution in [0.1, 0.15) is 5.56 Å². The summed E-state index contributed by atoms with van der Waals surface area (Å²) in [7, 11) is 1.53. The number of nitrogens with one attached hydrogen (secondary N) is 1. The van der Waals surface area contributed by atoms with Crippen LogP contribution in [0, 0.1) is 6.92 Å². The van der Waals surface area contributed by atoms with Crippen molar-refractivity contribution in [1.29, 1.82) is 0 Å². The van der Waals surface area contributed by atoms with Crippen molar-refractivity contribution in [2.75, 3.05) is 18.2 Å². The summed E-state index contributed by atoms with van der Waals surface area (Å²) >= 11 is 6.06. The molecule has 0 amide bonds. The monoisotopic (exact) mass is 263 g/mol. The molecule has 0 fully saturated rings. The maximum absolute atomic E-state index is 6.06. The van der Waals surface area contributed by atoms with Gasteiger partial charge in [-0.2, -0.15) is 4.98 Å². The number of benzene rings is 1. The highest BCUT2D eigenvalue weighted by Crippen LogP contribution is 2.25. The smallest absolute Gasteiger partial charge is 0.238 e. The first-order valence-electron chi connectivity index (χ1n) is 5.44. The van der Waals surface area contributed by atoms with Crippen LogP contribution in [-0.4, -0.2) is 12.1 Å². The highest BCUT2D eigenvalue weighted by atomic mass is 35.5. The summed E-state index contributed by atoms with van der Waals surface area (Å²) in [6.45, 7) is 1.95. The Kier molecular flexibility index (Phi) is 3.58. The van der Waals surface area contributed by atoms with Crippen LogP contribution < -0.4 is 15.8 Å². The fourth-order valence-electron chi connectivity index (χ4n) is 1.50. The summed E-state index contributed by atoms with van der Waals surface area (Å²) in [5.41, 5.74) is 8.10. The first-order valence-corrected chi connectivity index (χ1v) is 5.81. The number of nitrogens with two attached hydrogens (primary N) is 1. The van der Waals surface area contributed by atoms with Gasteiger partial charge in [0.1, 0.15) is 5.82 Å². The topological polar surface area (TPSA) is 60.2 Å². The van der Waals surface area contributed by atoms with Crippen molar-refractivity contribution in [3.63, 3.8) is 0 Å². The van der Waals surface area contributed by atoms with Gasteiger partial charge in [0.2, 0.25) is 5.88 Å². The molecule has 0 atom stereocenters. The number of methoxy groups -OCH3 is 1. The van der Waals surface area contributed by atoms with E-state index in [9.17, 15) is 0 Å². The average molecular weight is 264 g/mol. The maximum Gasteiger partial charge on any atom is 0.238 e. The van der Waals surface area contributed by atoms with E-state index in [1.54, 1.807) is 12.1 Å². The zero-order valence-electron chi connectivity index (χ0n) is 10.2. The lowest BCUT2D eigenvalue weighted by Crippen LogP contribution is -1.99. The van der Waals surface area contributed by atoms with Crippen LogP contribution in [0.5, 0.6) is 5.88 Å². The molecule has 1 aromatic carbocycles. The molecule has 2 rings (SSSR count). The molecule has 2 aromatic rings. The molecular weight excluding hydrogens is 250 g/mol. The van der Waals surface area contributed by atoms with Gasteiger partial charge in [0.25, 0.3) is 0 Å². The lowest BCUT2D eigenvalue weighted by Gasteiger charge is -2.09. The zero-order chi connectivity index (χ0) is 13.1. The summed E-state index contributed by atoms with van der Waals surface area (Å²) < 4.78 is 5.06. The first-order chi connectivity index (χ1) is 8.60. The van der Waals surface area contributed by atoms with Gasteiger partial charge in [-0.3, -0.25) is 0 Å². The molecule has 3 N–H and O–H groups in total. The Hall–Kier alpha value is -1.94. The number of ether oxygens (including phenoxy) is 1. The number of nitrogens with zero attached hydrogens (tertiary/aromatic N) is 1. The number of nitrogen functional groups attached to an aromatic ring is 1. The number of anilines is 3. The second-order valence-corrected chi connectivity index (χ2v) is 4.29. The highest BCUT2D eigenvalue weighted by Gasteiger charge is 2.04. The lowest BCUT2D eigenvalue weighted by molar-refractivity contribution is 0.401. The van der Waals surface area contributed by atoms with Crippen molar-refractivity contribution >= 4 is 28.8 Å². The summed E-state index contributed by atoms with van der Waals surface area (Å²) in [5.74, 6) is 1.05. The molecule has 0 aliphatic heterocycles. The summed E-state index contributed by atoms with van der Waals surface area (Å²) in [6.07, 6.45) is 0. The Bertz CT molecular complexity index is 572. The SMILES string of the molecule is COc1nc(Nc2ccc(C)c(Cl)c2)ccc1N. The highest BCUT2D eigenvalue weighted by molar-refractivity contribution is 6.31. The fourth-order valence-corrected chi connectivity index (χ4v) is 1.68. The van der Waals surface area contributed by atoms with E-state index in [1.165, 1.54) is 7.11 Å². The summed E-state index contributed by atoms with van der Waals surface area (Å²) in [5, 5.41) is 3.85. The van der Waals surface area contributed by atoms with Gasteiger partial charge >= 0.3 is 0 Å². The van der Waals surface area contributed by atoms with Crippen LogP contribution >= 0.6 is 11.6 Å². The number of rotatable bonds is 3. The molecule has 0 radical (unpaired) electrons. The molecule has 1 heterocycles. The van der Waals surface area contributed by atoms with E-state index < -0.39 is 0 Å². The first kappa shape index (κ1) is 12.5. The third-order valence-electron chi connectivity index (χ3n) is 2.53. The van der Waals surface area contributed by atoms with Gasteiger partial charge in [0, 0.05) is 10.7 Å². The molecule has 1 aromatic heterocycles. The summed E-state index contributed by atoms with van der Waals surface area (Å²) in [6, 6.07) is 9.25. The number of halogens is 1. The van der Waals surface area contributed by atoms with Gasteiger partial charge in [0.05, 0.1) is 12.8 Å². The van der Waals surface area contributed by atoms with Crippen molar-refractivity contribution in [2.24, 2.45) is 0 Å². The minimum atomic E-state index is 0.401. The molecule has 5 heteroatoms. The predicted octanol–water partition coefficient (Wildman–Crippen LogP) is 3.38. The minimum absolute atomic E-state index is 0.401. The number of aryl methyl sites for hydroxylation is 1. The van der Waals surface area contributed by atoms with Crippen LogP contribution in [0.15, 0.2) is 30.3 Å². The molecule has 0 saturated heterocycles. The van der Waals surface area contributed by atoms with E-state index in [4.69, 9.17) is 22.1 Å². The normalized spacial score (nSPS) is 10.2. The third-order valence-corrected chi connectivity index (χ3v) is 2.93. The van der Waals surface area contributed by atoms with E-state index in [0.29, 0.717) is 22.4 Å². The van der Waals surface area contributed by atoms with Gasteiger partial charge in [-0.05, 0) is 36.8 Å². The lowest BCUT2D eigenvalue weighted by atomic mass is 10.2. The van der Waals surface area contributed by atoms with E-state index in [1.807, 2.05) is 25.1 Å². The number of pyridine rings is 1. The molecule has 0 aliphatic carbocycles. The Morgan fingerprint density at radius 3 is 2.72 bits per heavy atom. The van der Waals surface area contributed by atoms with Gasteiger partial charge in [-0.1, -0.05) is 17.7 Å². The minimum Gasteiger partial charge on any atom is -0.479 e. The number of aromatic nitrogens is 1. The standard InChI is InChI=1S/C13H14ClN3O/c1-8-3-4-9(7-10(8)14)16-12-6-5-11(15)13(17-12)18-2/h3-7H,15H2,1-2H3,(H,16,17). The Morgan fingerprint density at radius 1 is 1.28 bits per heavy atom. The van der Waals surface area contributed by atoms with Crippen LogP contribution in [-0.2, 0) is 0 Å². The molecular formula is C13H14ClN3O. The van der Waals surface area contributed by atoms with Gasteiger partial charge < -0.3 is 15.8 Å². The number of hydrogen-bond donors (Lipinski definition) is 2. The van der Waals surface area contributed by atoms with Crippen LogP contribution in [0.3, 0.4) is 0 Å². The zero-order valence-corrected chi connectivity index (χ0v) is 11.0. The van der Waals surface area contributed by atoms with Gasteiger partial charge in [0.15, 0.2) is 0 Å². The van der Waals surface area contributed by atoms with Crippen molar-refractivity contribution in [1.82, 2.24) is 4.98 Å². The Morgan fingerprint density at radius 2 is 2.06 bits per heavy atom. The molecule has 0 bridgehead atoms. The van der Waals surface area contributed by atoms with Crippen molar-refractivity contribution in [2.45, 2.75) is 6.92 Å². The molecule has 94 valence electrons. The molecule has 4 nitrogen and oxygen atoms in total. The Labute approximate surface area is 111 Å². The van der Waals surface area contributed by atoms with E-state index in [0.717, 1.165) is 11.3 Å². The van der Waals surface area contributed by atoms with Crippen LogP contribution in [0.4, 0.5) is 17.2 Å². The molecule has 18 heavy (non-hydrogen) atoms. The second-order valence-electron chi connectivity index (χ2n) is 3.88. The van der Waals surface area contributed by atoms with Crippen LogP contribution in [0.2, 0.25) is 5.02 Å². The number of hydrogen-bond acceptors (Lipinski definition) is 4. The Balaban J connectivity index is 2.25. The quantitative estimate of drug-likeness (QED) is 0.891. The largest absolute Gasteiger partial charge is 0.479 e. The van der Waals surface area contributed by atoms with Crippen molar-refractivity contribution in [3.05, 3.63) is 40.9 Å². The van der Waals surface area contributed by atoms with Gasteiger partial charge in [-0.15, -0.1) is 0 Å². The van der Waals surface area contributed by atoms with Gasteiger partial charge in [-0.25, -0.2) is 0 Å². The van der Waals surface area contributed by atoms with Crippen molar-refractivity contribution in [3.8, 4) is 5.88 Å². The van der Waals surface area contributed by atoms with Crippen LogP contribution in [0.25, 0.3) is 0 Å². The van der Waals surface area contributed by atoms with E-state index in [-0.39, 0.29) is 0 Å². The second kappa shape index (κ2) is 5.14. The molecule has 0 aliphatic rings. The van der Waals surface area contributed by atoms with E-state index in [2.05, 4.69) is 10.3 Å². The third kappa shape index (κ3) is 2.65. The maximum atomic E-state index is 6.06. The summed E-state index contributed by atoms with van der Waals surface area (Å²) in [4.78, 5) is 4.24. The average Bonchev–Trinajstić information content (AvgIpc) is 2.36. The fraction of sp³-hybridized carbons (Fsp3) is 0.154. The predicted molar refractivity (Wildman–Crippen MR) is 74.7 cm³/mol. The van der Waals surface area contributed by atoms with E-state index >= 15 is 0 Å².